The third-order valence-corrected chi connectivity index (χ3v) is 6.88. The van der Waals surface area contributed by atoms with E-state index in [2.05, 4.69) is 15.0 Å². The number of halogens is 1. The van der Waals surface area contributed by atoms with Gasteiger partial charge in [-0.3, -0.25) is 23.9 Å². The molecule has 0 spiro atoms. The van der Waals surface area contributed by atoms with Gasteiger partial charge in [-0.1, -0.05) is 24.3 Å². The minimum absolute atomic E-state index is 0.0435. The highest BCUT2D eigenvalue weighted by atomic mass is 32.2. The Kier molecular flexibility index (Phi) is 6.52. The first-order valence-corrected chi connectivity index (χ1v) is 12.0. The minimum atomic E-state index is -4.14. The fraction of sp³-hybridized carbons (Fsp3) is 0.125. The molecule has 180 valence electrons. The molecule has 0 radical (unpaired) electrons. The second-order valence-corrected chi connectivity index (χ2v) is 9.41. The van der Waals surface area contributed by atoms with Crippen LogP contribution in [0.15, 0.2) is 81.2 Å². The number of aromatic amines is 1. The SMILES string of the molecule is Cc1cccc(F)c1S(=O)(=O)Nc1ccc(NC(=O)CCn2c(=O)[nH]c(=O)c3ccccc32)cc1. The quantitative estimate of drug-likeness (QED) is 0.362. The van der Waals surface area contributed by atoms with Gasteiger partial charge in [0.1, 0.15) is 10.7 Å². The van der Waals surface area contributed by atoms with Crippen molar-refractivity contribution in [3.05, 3.63) is 98.9 Å². The van der Waals surface area contributed by atoms with E-state index < -0.39 is 32.0 Å². The van der Waals surface area contributed by atoms with Crippen molar-refractivity contribution in [3.8, 4) is 0 Å². The molecule has 0 fully saturated rings. The van der Waals surface area contributed by atoms with Crippen molar-refractivity contribution in [2.24, 2.45) is 0 Å². The number of aryl methyl sites for hydroxylation is 2. The first-order chi connectivity index (χ1) is 16.7. The Labute approximate surface area is 199 Å². The zero-order valence-electron chi connectivity index (χ0n) is 18.5. The highest BCUT2D eigenvalue weighted by Gasteiger charge is 2.21. The van der Waals surface area contributed by atoms with Gasteiger partial charge in [-0.15, -0.1) is 0 Å². The highest BCUT2D eigenvalue weighted by Crippen LogP contribution is 2.23. The lowest BCUT2D eigenvalue weighted by Gasteiger charge is -2.12. The minimum Gasteiger partial charge on any atom is -0.326 e. The Morgan fingerprint density at radius 3 is 2.37 bits per heavy atom. The standard InChI is InChI=1S/C24H21FN4O5S/c1-15-5-4-7-19(25)22(15)35(33,34)28-17-11-9-16(10-12-17)26-21(30)13-14-29-20-8-3-2-6-18(20)23(31)27-24(29)32/h2-12,28H,13-14H2,1H3,(H,26,30)(H,27,31,32). The fourth-order valence-electron chi connectivity index (χ4n) is 3.69. The van der Waals surface area contributed by atoms with Crippen LogP contribution in [0.3, 0.4) is 0 Å². The van der Waals surface area contributed by atoms with Gasteiger partial charge in [0.05, 0.1) is 10.9 Å². The number of benzene rings is 3. The Morgan fingerprint density at radius 1 is 0.971 bits per heavy atom. The molecule has 0 aliphatic carbocycles. The lowest BCUT2D eigenvalue weighted by molar-refractivity contribution is -0.116. The van der Waals surface area contributed by atoms with Crippen LogP contribution in [-0.4, -0.2) is 23.9 Å². The van der Waals surface area contributed by atoms with Crippen molar-refractivity contribution in [1.82, 2.24) is 9.55 Å². The van der Waals surface area contributed by atoms with Gasteiger partial charge in [-0.2, -0.15) is 0 Å². The predicted octanol–water partition coefficient (Wildman–Crippen LogP) is 2.97. The number of sulfonamides is 1. The Bertz CT molecular complexity index is 1620. The number of nitrogens with zero attached hydrogens (tertiary/aromatic N) is 1. The highest BCUT2D eigenvalue weighted by molar-refractivity contribution is 7.92. The number of anilines is 2. The van der Waals surface area contributed by atoms with E-state index in [1.165, 1.54) is 47.9 Å². The van der Waals surface area contributed by atoms with Crippen molar-refractivity contribution in [2.45, 2.75) is 24.8 Å². The van der Waals surface area contributed by atoms with E-state index >= 15 is 0 Å². The summed E-state index contributed by atoms with van der Waals surface area (Å²) < 4.78 is 42.9. The summed E-state index contributed by atoms with van der Waals surface area (Å²) in [5, 5.41) is 3.01. The lowest BCUT2D eigenvalue weighted by Crippen LogP contribution is -2.31. The number of H-pyrrole nitrogens is 1. The molecular formula is C24H21FN4O5S. The third kappa shape index (κ3) is 5.14. The lowest BCUT2D eigenvalue weighted by atomic mass is 10.2. The van der Waals surface area contributed by atoms with E-state index in [1.54, 1.807) is 24.3 Å². The largest absolute Gasteiger partial charge is 0.328 e. The van der Waals surface area contributed by atoms with Gasteiger partial charge in [-0.05, 0) is 55.0 Å². The number of nitrogens with one attached hydrogen (secondary N) is 3. The van der Waals surface area contributed by atoms with Gasteiger partial charge in [0.15, 0.2) is 0 Å². The predicted molar refractivity (Wildman–Crippen MR) is 130 cm³/mol. The Balaban J connectivity index is 1.43. The molecule has 0 saturated heterocycles. The number of rotatable bonds is 7. The molecule has 9 nitrogen and oxygen atoms in total. The molecule has 0 bridgehead atoms. The normalized spacial score (nSPS) is 11.4. The van der Waals surface area contributed by atoms with Crippen LogP contribution in [0.4, 0.5) is 15.8 Å². The van der Waals surface area contributed by atoms with Crippen LogP contribution in [0.2, 0.25) is 0 Å². The summed E-state index contributed by atoms with van der Waals surface area (Å²) in [7, 11) is -4.14. The van der Waals surface area contributed by atoms with Crippen molar-refractivity contribution >= 4 is 38.2 Å². The topological polar surface area (TPSA) is 130 Å². The van der Waals surface area contributed by atoms with Crippen LogP contribution in [0.5, 0.6) is 0 Å². The van der Waals surface area contributed by atoms with Gasteiger partial charge in [-0.25, -0.2) is 17.6 Å². The summed E-state index contributed by atoms with van der Waals surface area (Å²) in [6.45, 7) is 1.54. The van der Waals surface area contributed by atoms with E-state index in [0.29, 0.717) is 16.6 Å². The fourth-order valence-corrected chi connectivity index (χ4v) is 5.05. The molecule has 35 heavy (non-hydrogen) atoms. The molecule has 3 aromatic carbocycles. The summed E-state index contributed by atoms with van der Waals surface area (Å²) in [6, 6.07) is 16.5. The number of hydrogen-bond donors (Lipinski definition) is 3. The molecule has 1 heterocycles. The third-order valence-electron chi connectivity index (χ3n) is 5.32. The second kappa shape index (κ2) is 9.55. The number of carbonyl (C=O) groups is 1. The molecule has 0 aliphatic heterocycles. The van der Waals surface area contributed by atoms with Crippen LogP contribution in [0.25, 0.3) is 10.9 Å². The number of aromatic nitrogens is 2. The van der Waals surface area contributed by atoms with Gasteiger partial charge in [0.25, 0.3) is 15.6 Å². The molecule has 0 unspecified atom stereocenters. The average Bonchev–Trinajstić information content (AvgIpc) is 2.80. The smallest absolute Gasteiger partial charge is 0.326 e. The number of carbonyl (C=O) groups excluding carboxylic acids is 1. The first kappa shape index (κ1) is 23.9. The summed E-state index contributed by atoms with van der Waals surface area (Å²) in [4.78, 5) is 38.4. The molecule has 1 amide bonds. The van der Waals surface area contributed by atoms with E-state index in [-0.39, 0.29) is 30.1 Å². The Morgan fingerprint density at radius 2 is 1.66 bits per heavy atom. The van der Waals surface area contributed by atoms with Crippen molar-refractivity contribution in [3.63, 3.8) is 0 Å². The van der Waals surface area contributed by atoms with E-state index in [4.69, 9.17) is 0 Å². The summed E-state index contributed by atoms with van der Waals surface area (Å²) >= 11 is 0. The average molecular weight is 497 g/mol. The van der Waals surface area contributed by atoms with Gasteiger partial charge >= 0.3 is 5.69 Å². The summed E-state index contributed by atoms with van der Waals surface area (Å²) in [5.74, 6) is -1.24. The van der Waals surface area contributed by atoms with Gasteiger partial charge in [0.2, 0.25) is 5.91 Å². The number of hydrogen-bond acceptors (Lipinski definition) is 5. The van der Waals surface area contributed by atoms with E-state index in [1.807, 2.05) is 0 Å². The molecule has 3 N–H and O–H groups in total. The van der Waals surface area contributed by atoms with Crippen LogP contribution >= 0.6 is 0 Å². The van der Waals surface area contributed by atoms with Crippen molar-refractivity contribution < 1.29 is 17.6 Å². The summed E-state index contributed by atoms with van der Waals surface area (Å²) in [5.41, 5.74) is 0.192. The monoisotopic (exact) mass is 496 g/mol. The summed E-state index contributed by atoms with van der Waals surface area (Å²) in [6.07, 6.45) is -0.0448. The van der Waals surface area contributed by atoms with Crippen molar-refractivity contribution in [2.75, 3.05) is 10.0 Å². The van der Waals surface area contributed by atoms with Gasteiger partial charge < -0.3 is 5.32 Å². The van der Waals surface area contributed by atoms with E-state index in [0.717, 1.165) is 6.07 Å². The maximum absolute atomic E-state index is 14.1. The van der Waals surface area contributed by atoms with Crippen LogP contribution in [0, 0.1) is 12.7 Å². The molecule has 11 heteroatoms. The van der Waals surface area contributed by atoms with Crippen molar-refractivity contribution in [1.29, 1.82) is 0 Å². The molecule has 4 rings (SSSR count). The van der Waals surface area contributed by atoms with Crippen LogP contribution < -0.4 is 21.3 Å². The number of para-hydroxylation sites is 1. The Hall–Kier alpha value is -4.25. The maximum Gasteiger partial charge on any atom is 0.328 e. The first-order valence-electron chi connectivity index (χ1n) is 10.6. The van der Waals surface area contributed by atoms with Gasteiger partial charge in [0, 0.05) is 24.3 Å². The number of fused-ring (bicyclic) bond motifs is 1. The molecule has 4 aromatic rings. The second-order valence-electron chi connectivity index (χ2n) is 7.79. The zero-order chi connectivity index (χ0) is 25.2. The molecule has 1 aromatic heterocycles. The van der Waals surface area contributed by atoms with Crippen LogP contribution in [0.1, 0.15) is 12.0 Å². The number of amides is 1. The van der Waals surface area contributed by atoms with E-state index in [9.17, 15) is 27.2 Å². The van der Waals surface area contributed by atoms with Crippen LogP contribution in [-0.2, 0) is 21.4 Å². The maximum atomic E-state index is 14.1. The molecule has 0 saturated carbocycles. The molecule has 0 atom stereocenters. The zero-order valence-corrected chi connectivity index (χ0v) is 19.4. The molecule has 0 aliphatic rings. The molecular weight excluding hydrogens is 475 g/mol.